The third-order valence-electron chi connectivity index (χ3n) is 3.53. The van der Waals surface area contributed by atoms with Crippen molar-refractivity contribution in [3.05, 3.63) is 35.1 Å². The number of benzene rings is 1. The molecule has 1 aliphatic rings. The molecule has 118 valence electrons. The molecule has 2 aromatic heterocycles. The van der Waals surface area contributed by atoms with Gasteiger partial charge in [0.25, 0.3) is 5.22 Å². The van der Waals surface area contributed by atoms with Crippen molar-refractivity contribution in [3.8, 4) is 11.5 Å². The molecule has 0 N–H and O–H groups in total. The summed E-state index contributed by atoms with van der Waals surface area (Å²) in [6.07, 6.45) is 2.27. The lowest BCUT2D eigenvalue weighted by atomic mass is 10.2. The highest BCUT2D eigenvalue weighted by molar-refractivity contribution is 7.99. The smallest absolute Gasteiger partial charge is 0.277 e. The van der Waals surface area contributed by atoms with E-state index in [0.717, 1.165) is 24.2 Å². The quantitative estimate of drug-likeness (QED) is 0.652. The summed E-state index contributed by atoms with van der Waals surface area (Å²) in [5.74, 6) is 1.28. The number of tetrazole rings is 1. The molecule has 7 nitrogen and oxygen atoms in total. The van der Waals surface area contributed by atoms with Gasteiger partial charge in [-0.15, -0.1) is 15.3 Å². The highest BCUT2D eigenvalue weighted by Crippen LogP contribution is 2.39. The maximum Gasteiger partial charge on any atom is 0.277 e. The molecule has 9 heteroatoms. The van der Waals surface area contributed by atoms with Gasteiger partial charge in [0, 0.05) is 10.6 Å². The normalized spacial score (nSPS) is 15.7. The summed E-state index contributed by atoms with van der Waals surface area (Å²) in [4.78, 5) is 0. The Bertz CT molecular complexity index is 830. The molecule has 0 aliphatic heterocycles. The van der Waals surface area contributed by atoms with Crippen LogP contribution in [0.5, 0.6) is 0 Å². The molecule has 4 rings (SSSR count). The van der Waals surface area contributed by atoms with Gasteiger partial charge in [-0.25, -0.2) is 4.68 Å². The van der Waals surface area contributed by atoms with E-state index in [2.05, 4.69) is 25.7 Å². The number of nitrogens with zero attached hydrogens (tertiary/aromatic N) is 6. The van der Waals surface area contributed by atoms with Crippen molar-refractivity contribution in [1.82, 2.24) is 30.4 Å². The van der Waals surface area contributed by atoms with E-state index in [1.807, 2.05) is 23.7 Å². The van der Waals surface area contributed by atoms with Crippen LogP contribution in [-0.2, 0) is 0 Å². The lowest BCUT2D eigenvalue weighted by Crippen LogP contribution is -2.05. The Kier molecular flexibility index (Phi) is 3.78. The van der Waals surface area contributed by atoms with Gasteiger partial charge >= 0.3 is 0 Å². The van der Waals surface area contributed by atoms with Gasteiger partial charge in [-0.05, 0) is 48.4 Å². The Balaban J connectivity index is 1.52. The van der Waals surface area contributed by atoms with E-state index < -0.39 is 0 Å². The molecule has 1 atom stereocenters. The third-order valence-corrected chi connectivity index (χ3v) is 4.70. The molecule has 2 heterocycles. The molecule has 0 spiro atoms. The summed E-state index contributed by atoms with van der Waals surface area (Å²) in [6, 6.07) is 7.76. The number of hydrogen-bond acceptors (Lipinski definition) is 7. The van der Waals surface area contributed by atoms with Crippen LogP contribution in [0.2, 0.25) is 5.02 Å². The van der Waals surface area contributed by atoms with E-state index in [9.17, 15) is 0 Å². The van der Waals surface area contributed by atoms with E-state index in [4.69, 9.17) is 16.0 Å². The average molecular weight is 349 g/mol. The van der Waals surface area contributed by atoms with Gasteiger partial charge in [-0.1, -0.05) is 29.4 Å². The van der Waals surface area contributed by atoms with Crippen molar-refractivity contribution in [2.45, 2.75) is 36.3 Å². The summed E-state index contributed by atoms with van der Waals surface area (Å²) >= 11 is 7.43. The molecule has 1 fully saturated rings. The molecule has 0 saturated heterocycles. The second kappa shape index (κ2) is 5.93. The minimum absolute atomic E-state index is 0.0262. The summed E-state index contributed by atoms with van der Waals surface area (Å²) in [7, 11) is 0. The van der Waals surface area contributed by atoms with Crippen molar-refractivity contribution in [2.24, 2.45) is 0 Å². The van der Waals surface area contributed by atoms with Crippen molar-refractivity contribution in [1.29, 1.82) is 0 Å². The van der Waals surface area contributed by atoms with Gasteiger partial charge in [-0.2, -0.15) is 0 Å². The first-order valence-electron chi connectivity index (χ1n) is 7.24. The minimum Gasteiger partial charge on any atom is -0.411 e. The van der Waals surface area contributed by atoms with Gasteiger partial charge in [0.1, 0.15) is 0 Å². The minimum atomic E-state index is 0.0262. The lowest BCUT2D eigenvalue weighted by molar-refractivity contribution is 0.464. The highest BCUT2D eigenvalue weighted by Gasteiger charge is 2.30. The van der Waals surface area contributed by atoms with Crippen LogP contribution in [0.4, 0.5) is 0 Å². The number of hydrogen-bond donors (Lipinski definition) is 0. The molecule has 0 bridgehead atoms. The van der Waals surface area contributed by atoms with E-state index in [-0.39, 0.29) is 5.25 Å². The SMILES string of the molecule is C[C@H](Sc1nnc(-c2cccc(Cl)c2)o1)c1nnnn1C1CC1. The summed E-state index contributed by atoms with van der Waals surface area (Å²) in [6.45, 7) is 2.03. The molecule has 3 aromatic rings. The van der Waals surface area contributed by atoms with Gasteiger partial charge in [0.15, 0.2) is 5.82 Å². The molecule has 1 aromatic carbocycles. The van der Waals surface area contributed by atoms with Crippen molar-refractivity contribution < 1.29 is 4.42 Å². The Hall–Kier alpha value is -1.93. The fraction of sp³-hybridized carbons (Fsp3) is 0.357. The van der Waals surface area contributed by atoms with Gasteiger partial charge in [0.05, 0.1) is 11.3 Å². The zero-order valence-corrected chi connectivity index (χ0v) is 13.8. The molecule has 0 unspecified atom stereocenters. The molecule has 23 heavy (non-hydrogen) atoms. The Labute approximate surface area is 141 Å². The largest absolute Gasteiger partial charge is 0.411 e. The monoisotopic (exact) mass is 348 g/mol. The van der Waals surface area contributed by atoms with Gasteiger partial charge < -0.3 is 4.42 Å². The lowest BCUT2D eigenvalue weighted by Gasteiger charge is -2.07. The zero-order chi connectivity index (χ0) is 15.8. The van der Waals surface area contributed by atoms with Gasteiger partial charge in [-0.3, -0.25) is 0 Å². The van der Waals surface area contributed by atoms with E-state index in [1.54, 1.807) is 12.1 Å². The van der Waals surface area contributed by atoms with E-state index in [1.165, 1.54) is 11.8 Å². The molecular weight excluding hydrogens is 336 g/mol. The predicted octanol–water partition coefficient (Wildman–Crippen LogP) is 3.56. The van der Waals surface area contributed by atoms with Crippen LogP contribution >= 0.6 is 23.4 Å². The highest BCUT2D eigenvalue weighted by atomic mass is 35.5. The third kappa shape index (κ3) is 3.09. The first kappa shape index (κ1) is 14.6. The van der Waals surface area contributed by atoms with Gasteiger partial charge in [0.2, 0.25) is 5.89 Å². The average Bonchev–Trinajstić information content (AvgIpc) is 3.09. The summed E-state index contributed by atoms with van der Waals surface area (Å²) < 4.78 is 7.61. The Morgan fingerprint density at radius 2 is 2.17 bits per heavy atom. The first-order chi connectivity index (χ1) is 11.2. The van der Waals surface area contributed by atoms with Crippen LogP contribution < -0.4 is 0 Å². The van der Waals surface area contributed by atoms with Crippen LogP contribution in [-0.4, -0.2) is 30.4 Å². The van der Waals surface area contributed by atoms with Crippen molar-refractivity contribution >= 4 is 23.4 Å². The molecule has 0 radical (unpaired) electrons. The zero-order valence-electron chi connectivity index (χ0n) is 12.3. The second-order valence-corrected chi connectivity index (χ2v) is 7.08. The Morgan fingerprint density at radius 3 is 2.96 bits per heavy atom. The fourth-order valence-corrected chi connectivity index (χ4v) is 3.22. The van der Waals surface area contributed by atoms with Crippen molar-refractivity contribution in [3.63, 3.8) is 0 Å². The molecular formula is C14H13ClN6OS. The molecule has 0 amide bonds. The van der Waals surface area contributed by atoms with Crippen molar-refractivity contribution in [2.75, 3.05) is 0 Å². The maximum atomic E-state index is 5.99. The van der Waals surface area contributed by atoms with Crippen LogP contribution in [0.1, 0.15) is 36.9 Å². The summed E-state index contributed by atoms with van der Waals surface area (Å²) in [5, 5.41) is 21.3. The molecule has 1 aliphatic carbocycles. The number of thioether (sulfide) groups is 1. The standard InChI is InChI=1S/C14H13ClN6OS/c1-8(12-16-19-20-21(12)11-5-6-11)23-14-18-17-13(22-14)9-3-2-4-10(15)7-9/h2-4,7-8,11H,5-6H2,1H3/t8-/m0/s1. The topological polar surface area (TPSA) is 82.5 Å². The Morgan fingerprint density at radius 1 is 1.30 bits per heavy atom. The van der Waals surface area contributed by atoms with Crippen LogP contribution in [0.3, 0.4) is 0 Å². The number of aromatic nitrogens is 6. The van der Waals surface area contributed by atoms with Crippen LogP contribution in [0, 0.1) is 0 Å². The predicted molar refractivity (Wildman–Crippen MR) is 85.1 cm³/mol. The summed E-state index contributed by atoms with van der Waals surface area (Å²) in [5.41, 5.74) is 0.798. The van der Waals surface area contributed by atoms with Crippen LogP contribution in [0.25, 0.3) is 11.5 Å². The van der Waals surface area contributed by atoms with Crippen LogP contribution in [0.15, 0.2) is 33.9 Å². The second-order valence-electron chi connectivity index (χ2n) is 5.36. The maximum absolute atomic E-state index is 5.99. The number of halogens is 1. The van der Waals surface area contributed by atoms with E-state index in [0.29, 0.717) is 22.2 Å². The fourth-order valence-electron chi connectivity index (χ4n) is 2.25. The molecule has 1 saturated carbocycles. The first-order valence-corrected chi connectivity index (χ1v) is 8.50. The van der Waals surface area contributed by atoms with E-state index >= 15 is 0 Å². The number of rotatable bonds is 5.